The fourth-order valence-electron chi connectivity index (χ4n) is 3.83. The fourth-order valence-corrected chi connectivity index (χ4v) is 3.83. The van der Waals surface area contributed by atoms with Crippen molar-refractivity contribution >= 4 is 5.91 Å². The molecule has 28 heavy (non-hydrogen) atoms. The van der Waals surface area contributed by atoms with Gasteiger partial charge in [0.25, 0.3) is 0 Å². The van der Waals surface area contributed by atoms with Gasteiger partial charge in [0, 0.05) is 39.2 Å². The van der Waals surface area contributed by atoms with Gasteiger partial charge in [0.1, 0.15) is 5.75 Å². The van der Waals surface area contributed by atoms with Gasteiger partial charge in [-0.25, -0.2) is 0 Å². The van der Waals surface area contributed by atoms with E-state index < -0.39 is 0 Å². The number of hydrogen-bond acceptors (Lipinski definition) is 5. The monoisotopic (exact) mass is 390 g/mol. The Morgan fingerprint density at radius 3 is 2.75 bits per heavy atom. The number of nitrogens with zero attached hydrogens (tertiary/aromatic N) is 2. The number of carbonyl (C=O) groups excluding carboxylic acids is 1. The molecule has 0 aromatic heterocycles. The zero-order valence-corrected chi connectivity index (χ0v) is 17.1. The Labute approximate surface area is 168 Å². The van der Waals surface area contributed by atoms with E-state index in [0.717, 1.165) is 77.4 Å². The molecule has 1 aromatic rings. The molecule has 2 saturated heterocycles. The van der Waals surface area contributed by atoms with Gasteiger partial charge < -0.3 is 19.1 Å². The molecule has 1 aromatic carbocycles. The molecule has 0 saturated carbocycles. The van der Waals surface area contributed by atoms with E-state index >= 15 is 0 Å². The number of benzene rings is 1. The van der Waals surface area contributed by atoms with E-state index in [0.29, 0.717) is 19.1 Å². The highest BCUT2D eigenvalue weighted by atomic mass is 16.5. The first kappa shape index (κ1) is 21.1. The molecule has 0 bridgehead atoms. The SMILES string of the molecule is COc1ccc(CCC(=O)N2CCCN(CCOCC3CCCO3)CC2)cc1. The van der Waals surface area contributed by atoms with Gasteiger partial charge in [-0.1, -0.05) is 12.1 Å². The second-order valence-electron chi connectivity index (χ2n) is 7.63. The number of ether oxygens (including phenoxy) is 3. The zero-order valence-electron chi connectivity index (χ0n) is 17.1. The molecule has 2 aliphatic heterocycles. The van der Waals surface area contributed by atoms with E-state index in [9.17, 15) is 4.79 Å². The molecule has 2 fully saturated rings. The maximum absolute atomic E-state index is 12.6. The van der Waals surface area contributed by atoms with Crippen LogP contribution in [0.15, 0.2) is 24.3 Å². The number of hydrogen-bond donors (Lipinski definition) is 0. The maximum atomic E-state index is 12.6. The Bertz CT molecular complexity index is 587. The lowest BCUT2D eigenvalue weighted by Crippen LogP contribution is -2.36. The summed E-state index contributed by atoms with van der Waals surface area (Å²) in [6, 6.07) is 7.97. The van der Waals surface area contributed by atoms with Gasteiger partial charge in [-0.3, -0.25) is 9.69 Å². The summed E-state index contributed by atoms with van der Waals surface area (Å²) in [6.45, 7) is 6.89. The molecule has 6 heteroatoms. The molecular formula is C22H34N2O4. The van der Waals surface area contributed by atoms with Crippen molar-refractivity contribution in [3.8, 4) is 5.75 Å². The van der Waals surface area contributed by atoms with E-state index in [1.165, 1.54) is 5.56 Å². The molecule has 3 rings (SSSR count). The number of methoxy groups -OCH3 is 1. The summed E-state index contributed by atoms with van der Waals surface area (Å²) < 4.78 is 16.5. The number of carbonyl (C=O) groups is 1. The van der Waals surface area contributed by atoms with Crippen LogP contribution in [0.5, 0.6) is 5.75 Å². The largest absolute Gasteiger partial charge is 0.497 e. The van der Waals surface area contributed by atoms with Gasteiger partial charge in [-0.05, 0) is 49.9 Å². The normalized spacial score (nSPS) is 20.9. The smallest absolute Gasteiger partial charge is 0.222 e. The van der Waals surface area contributed by atoms with Crippen molar-refractivity contribution in [2.75, 3.05) is 59.7 Å². The van der Waals surface area contributed by atoms with Gasteiger partial charge in [0.15, 0.2) is 0 Å². The van der Waals surface area contributed by atoms with Crippen LogP contribution in [0, 0.1) is 0 Å². The number of rotatable bonds is 9. The molecule has 2 heterocycles. The maximum Gasteiger partial charge on any atom is 0.222 e. The average Bonchev–Trinajstić information content (AvgIpc) is 3.14. The van der Waals surface area contributed by atoms with Crippen molar-refractivity contribution in [1.29, 1.82) is 0 Å². The summed E-state index contributed by atoms with van der Waals surface area (Å²) in [5.74, 6) is 1.11. The molecular weight excluding hydrogens is 356 g/mol. The van der Waals surface area contributed by atoms with Crippen LogP contribution in [0.4, 0.5) is 0 Å². The van der Waals surface area contributed by atoms with Gasteiger partial charge in [0.2, 0.25) is 5.91 Å². The first-order valence-electron chi connectivity index (χ1n) is 10.6. The molecule has 1 unspecified atom stereocenters. The van der Waals surface area contributed by atoms with Crippen LogP contribution < -0.4 is 4.74 Å². The lowest BCUT2D eigenvalue weighted by molar-refractivity contribution is -0.131. The highest BCUT2D eigenvalue weighted by Crippen LogP contribution is 2.14. The van der Waals surface area contributed by atoms with Crippen molar-refractivity contribution in [3.63, 3.8) is 0 Å². The Morgan fingerprint density at radius 2 is 2.00 bits per heavy atom. The van der Waals surface area contributed by atoms with E-state index in [4.69, 9.17) is 14.2 Å². The van der Waals surface area contributed by atoms with Crippen LogP contribution in [0.25, 0.3) is 0 Å². The molecule has 0 radical (unpaired) electrons. The zero-order chi connectivity index (χ0) is 19.6. The Balaban J connectivity index is 1.32. The van der Waals surface area contributed by atoms with Crippen LogP contribution in [0.3, 0.4) is 0 Å². The van der Waals surface area contributed by atoms with Crippen LogP contribution in [0.1, 0.15) is 31.2 Å². The highest BCUT2D eigenvalue weighted by Gasteiger charge is 2.19. The summed E-state index contributed by atoms with van der Waals surface area (Å²) in [7, 11) is 1.66. The third kappa shape index (κ3) is 6.76. The number of amides is 1. The second-order valence-corrected chi connectivity index (χ2v) is 7.63. The summed E-state index contributed by atoms with van der Waals surface area (Å²) in [4.78, 5) is 17.0. The van der Waals surface area contributed by atoms with E-state index in [2.05, 4.69) is 4.90 Å². The summed E-state index contributed by atoms with van der Waals surface area (Å²) in [5.41, 5.74) is 1.17. The van der Waals surface area contributed by atoms with Crippen molar-refractivity contribution in [2.45, 2.75) is 38.2 Å². The second kappa shape index (κ2) is 11.4. The number of aryl methyl sites for hydroxylation is 1. The predicted octanol–water partition coefficient (Wildman–Crippen LogP) is 2.36. The minimum Gasteiger partial charge on any atom is -0.497 e. The molecule has 1 amide bonds. The topological polar surface area (TPSA) is 51.2 Å². The van der Waals surface area contributed by atoms with Crippen LogP contribution in [-0.4, -0.2) is 81.5 Å². The third-order valence-corrected chi connectivity index (χ3v) is 5.61. The lowest BCUT2D eigenvalue weighted by atomic mass is 10.1. The highest BCUT2D eigenvalue weighted by molar-refractivity contribution is 5.76. The van der Waals surface area contributed by atoms with Gasteiger partial charge in [0.05, 0.1) is 26.4 Å². The van der Waals surface area contributed by atoms with Crippen LogP contribution in [0.2, 0.25) is 0 Å². The molecule has 0 aliphatic carbocycles. The first-order chi connectivity index (χ1) is 13.7. The molecule has 0 N–H and O–H groups in total. The quantitative estimate of drug-likeness (QED) is 0.606. The molecule has 156 valence electrons. The van der Waals surface area contributed by atoms with E-state index in [-0.39, 0.29) is 5.91 Å². The van der Waals surface area contributed by atoms with E-state index in [1.807, 2.05) is 29.2 Å². The third-order valence-electron chi connectivity index (χ3n) is 5.61. The molecule has 0 spiro atoms. The minimum absolute atomic E-state index is 0.257. The van der Waals surface area contributed by atoms with Gasteiger partial charge in [-0.15, -0.1) is 0 Å². The van der Waals surface area contributed by atoms with Crippen molar-refractivity contribution in [3.05, 3.63) is 29.8 Å². The summed E-state index contributed by atoms with van der Waals surface area (Å²) >= 11 is 0. The first-order valence-corrected chi connectivity index (χ1v) is 10.6. The lowest BCUT2D eigenvalue weighted by Gasteiger charge is -2.22. The standard InChI is InChI=1S/C22H34N2O4/c1-26-20-8-5-19(6-9-20)7-10-22(25)24-12-3-11-23(13-14-24)15-17-27-18-21-4-2-16-28-21/h5-6,8-9,21H,2-4,7,10-18H2,1H3. The predicted molar refractivity (Wildman–Crippen MR) is 109 cm³/mol. The summed E-state index contributed by atoms with van der Waals surface area (Å²) in [6.07, 6.45) is 4.94. The Hall–Kier alpha value is -1.63. The Kier molecular flexibility index (Phi) is 8.58. The van der Waals surface area contributed by atoms with Gasteiger partial charge >= 0.3 is 0 Å². The van der Waals surface area contributed by atoms with E-state index in [1.54, 1.807) is 7.11 Å². The van der Waals surface area contributed by atoms with Crippen LogP contribution in [-0.2, 0) is 20.7 Å². The summed E-state index contributed by atoms with van der Waals surface area (Å²) in [5, 5.41) is 0. The van der Waals surface area contributed by atoms with Crippen LogP contribution >= 0.6 is 0 Å². The van der Waals surface area contributed by atoms with Crippen molar-refractivity contribution in [2.24, 2.45) is 0 Å². The van der Waals surface area contributed by atoms with Crippen molar-refractivity contribution in [1.82, 2.24) is 9.80 Å². The van der Waals surface area contributed by atoms with Crippen molar-refractivity contribution < 1.29 is 19.0 Å². The molecule has 2 aliphatic rings. The molecule has 6 nitrogen and oxygen atoms in total. The fraction of sp³-hybridized carbons (Fsp3) is 0.682. The minimum atomic E-state index is 0.257. The Morgan fingerprint density at radius 1 is 1.14 bits per heavy atom. The average molecular weight is 391 g/mol. The molecule has 1 atom stereocenters. The van der Waals surface area contributed by atoms with Gasteiger partial charge in [-0.2, -0.15) is 0 Å².